The minimum atomic E-state index is -0.198. The molecule has 0 aliphatic rings. The molecule has 0 radical (unpaired) electrons. The molecule has 0 unspecified atom stereocenters. The normalized spacial score (nSPS) is 10.2. The van der Waals surface area contributed by atoms with Crippen molar-refractivity contribution in [1.82, 2.24) is 20.1 Å². The molecule has 0 aliphatic heterocycles. The fourth-order valence-electron chi connectivity index (χ4n) is 2.51. The molecular formula is C19H17N5O. The third-order valence-electron chi connectivity index (χ3n) is 3.82. The summed E-state index contributed by atoms with van der Waals surface area (Å²) in [5, 5.41) is 16.3. The first kappa shape index (κ1) is 16.4. The molecule has 1 aromatic carbocycles. The topological polar surface area (TPSA) is 83.6 Å². The number of hydrogen-bond acceptors (Lipinski definition) is 4. The summed E-state index contributed by atoms with van der Waals surface area (Å²) < 4.78 is 1.86. The molecular weight excluding hydrogens is 314 g/mol. The standard InChI is InChI=1S/C19H17N5O/c1-14-11-18(16-5-7-21-8-6-16)23-24(14)10-9-22-19(25)17-4-2-3-15(12-17)13-20/h2-8,11-12H,9-10H2,1H3,(H,22,25). The van der Waals surface area contributed by atoms with Crippen LogP contribution in [0.5, 0.6) is 0 Å². The van der Waals surface area contributed by atoms with Crippen molar-refractivity contribution in [2.75, 3.05) is 6.54 Å². The molecule has 6 heteroatoms. The van der Waals surface area contributed by atoms with Gasteiger partial charge in [0.1, 0.15) is 0 Å². The third-order valence-corrected chi connectivity index (χ3v) is 3.82. The highest BCUT2D eigenvalue weighted by molar-refractivity contribution is 5.94. The number of aromatic nitrogens is 3. The number of amides is 1. The van der Waals surface area contributed by atoms with Gasteiger partial charge in [0.2, 0.25) is 0 Å². The first-order chi connectivity index (χ1) is 12.2. The molecule has 0 aliphatic carbocycles. The molecule has 0 saturated carbocycles. The summed E-state index contributed by atoms with van der Waals surface area (Å²) >= 11 is 0. The van der Waals surface area contributed by atoms with E-state index in [4.69, 9.17) is 5.26 Å². The predicted octanol–water partition coefficient (Wildman–Crippen LogP) is 2.56. The van der Waals surface area contributed by atoms with E-state index in [1.807, 2.05) is 35.9 Å². The molecule has 2 aromatic heterocycles. The van der Waals surface area contributed by atoms with Crippen LogP contribution in [0.4, 0.5) is 0 Å². The van der Waals surface area contributed by atoms with E-state index in [2.05, 4.69) is 15.4 Å². The van der Waals surface area contributed by atoms with Gasteiger partial charge in [0.05, 0.1) is 23.9 Å². The van der Waals surface area contributed by atoms with Gasteiger partial charge >= 0.3 is 0 Å². The van der Waals surface area contributed by atoms with Gasteiger partial charge in [0, 0.05) is 35.8 Å². The van der Waals surface area contributed by atoms with E-state index in [-0.39, 0.29) is 5.91 Å². The summed E-state index contributed by atoms with van der Waals surface area (Å²) in [6.07, 6.45) is 3.47. The van der Waals surface area contributed by atoms with Gasteiger partial charge in [0.15, 0.2) is 0 Å². The number of nitriles is 1. The second-order valence-corrected chi connectivity index (χ2v) is 5.58. The van der Waals surface area contributed by atoms with Crippen molar-refractivity contribution in [3.8, 4) is 17.3 Å². The van der Waals surface area contributed by atoms with Crippen LogP contribution in [0, 0.1) is 18.3 Å². The van der Waals surface area contributed by atoms with Gasteiger partial charge in [-0.2, -0.15) is 10.4 Å². The van der Waals surface area contributed by atoms with Crippen LogP contribution in [-0.2, 0) is 6.54 Å². The maximum Gasteiger partial charge on any atom is 0.251 e. The van der Waals surface area contributed by atoms with E-state index in [0.29, 0.717) is 24.2 Å². The molecule has 1 amide bonds. The Morgan fingerprint density at radius 2 is 2.04 bits per heavy atom. The Hall–Kier alpha value is -3.46. The molecule has 0 atom stereocenters. The number of nitrogens with zero attached hydrogens (tertiary/aromatic N) is 4. The predicted molar refractivity (Wildman–Crippen MR) is 93.7 cm³/mol. The molecule has 0 spiro atoms. The summed E-state index contributed by atoms with van der Waals surface area (Å²) in [5.74, 6) is -0.198. The average molecular weight is 331 g/mol. The van der Waals surface area contributed by atoms with Crippen LogP contribution < -0.4 is 5.32 Å². The molecule has 3 aromatic rings. The van der Waals surface area contributed by atoms with E-state index in [1.54, 1.807) is 36.7 Å². The Morgan fingerprint density at radius 1 is 1.24 bits per heavy atom. The molecule has 3 rings (SSSR count). The fourth-order valence-corrected chi connectivity index (χ4v) is 2.51. The van der Waals surface area contributed by atoms with Gasteiger partial charge in [-0.3, -0.25) is 14.5 Å². The first-order valence-corrected chi connectivity index (χ1v) is 7.90. The maximum atomic E-state index is 12.2. The highest BCUT2D eigenvalue weighted by Gasteiger charge is 2.08. The van der Waals surface area contributed by atoms with Crippen LogP contribution in [0.3, 0.4) is 0 Å². The van der Waals surface area contributed by atoms with Gasteiger partial charge in [-0.1, -0.05) is 6.07 Å². The molecule has 2 heterocycles. The van der Waals surface area contributed by atoms with Crippen LogP contribution in [0.1, 0.15) is 21.6 Å². The van der Waals surface area contributed by atoms with Crippen molar-refractivity contribution in [3.63, 3.8) is 0 Å². The number of rotatable bonds is 5. The number of aryl methyl sites for hydroxylation is 1. The number of nitrogens with one attached hydrogen (secondary N) is 1. The molecule has 0 saturated heterocycles. The maximum absolute atomic E-state index is 12.2. The molecule has 6 nitrogen and oxygen atoms in total. The van der Waals surface area contributed by atoms with Crippen molar-refractivity contribution < 1.29 is 4.79 Å². The average Bonchev–Trinajstić information content (AvgIpc) is 3.03. The van der Waals surface area contributed by atoms with E-state index in [9.17, 15) is 4.79 Å². The first-order valence-electron chi connectivity index (χ1n) is 7.90. The SMILES string of the molecule is Cc1cc(-c2ccncc2)nn1CCNC(=O)c1cccc(C#N)c1. The number of hydrogen-bond donors (Lipinski definition) is 1. The lowest BCUT2D eigenvalue weighted by Crippen LogP contribution is -2.27. The van der Waals surface area contributed by atoms with Crippen LogP contribution in [0.15, 0.2) is 54.9 Å². The van der Waals surface area contributed by atoms with Gasteiger partial charge in [-0.05, 0) is 43.3 Å². The summed E-state index contributed by atoms with van der Waals surface area (Å²) in [5.41, 5.74) is 3.86. The van der Waals surface area contributed by atoms with Gasteiger partial charge in [-0.25, -0.2) is 0 Å². The van der Waals surface area contributed by atoms with Crippen molar-refractivity contribution in [2.24, 2.45) is 0 Å². The third kappa shape index (κ3) is 3.90. The Balaban J connectivity index is 1.62. The largest absolute Gasteiger partial charge is 0.350 e. The van der Waals surface area contributed by atoms with Crippen molar-refractivity contribution in [3.05, 3.63) is 71.7 Å². The van der Waals surface area contributed by atoms with Gasteiger partial charge in [0.25, 0.3) is 5.91 Å². The Labute approximate surface area is 145 Å². The minimum Gasteiger partial charge on any atom is -0.350 e. The monoisotopic (exact) mass is 331 g/mol. The number of carbonyl (C=O) groups is 1. The Bertz CT molecular complexity index is 924. The Kier molecular flexibility index (Phi) is 4.86. The molecule has 124 valence electrons. The zero-order chi connectivity index (χ0) is 17.6. The van der Waals surface area contributed by atoms with Gasteiger partial charge in [-0.15, -0.1) is 0 Å². The van der Waals surface area contributed by atoms with E-state index >= 15 is 0 Å². The fraction of sp³-hybridized carbons (Fsp3) is 0.158. The second kappa shape index (κ2) is 7.41. The van der Waals surface area contributed by atoms with E-state index in [1.165, 1.54) is 0 Å². The van der Waals surface area contributed by atoms with Crippen LogP contribution in [0.2, 0.25) is 0 Å². The zero-order valence-corrected chi connectivity index (χ0v) is 13.8. The van der Waals surface area contributed by atoms with E-state index in [0.717, 1.165) is 17.0 Å². The lowest BCUT2D eigenvalue weighted by atomic mass is 10.1. The van der Waals surface area contributed by atoms with Gasteiger partial charge < -0.3 is 5.32 Å². The zero-order valence-electron chi connectivity index (χ0n) is 13.8. The lowest BCUT2D eigenvalue weighted by Gasteiger charge is -2.07. The van der Waals surface area contributed by atoms with Crippen molar-refractivity contribution >= 4 is 5.91 Å². The van der Waals surface area contributed by atoms with E-state index < -0.39 is 0 Å². The lowest BCUT2D eigenvalue weighted by molar-refractivity contribution is 0.0952. The molecule has 0 bridgehead atoms. The number of pyridine rings is 1. The van der Waals surface area contributed by atoms with Crippen LogP contribution in [-0.4, -0.2) is 27.2 Å². The summed E-state index contributed by atoms with van der Waals surface area (Å²) in [4.78, 5) is 16.2. The number of benzene rings is 1. The van der Waals surface area contributed by atoms with Crippen molar-refractivity contribution in [1.29, 1.82) is 5.26 Å². The smallest absolute Gasteiger partial charge is 0.251 e. The van der Waals surface area contributed by atoms with Crippen molar-refractivity contribution in [2.45, 2.75) is 13.5 Å². The molecule has 1 N–H and O–H groups in total. The highest BCUT2D eigenvalue weighted by Crippen LogP contribution is 2.17. The molecule has 0 fully saturated rings. The quantitative estimate of drug-likeness (QED) is 0.779. The number of carbonyl (C=O) groups excluding carboxylic acids is 1. The highest BCUT2D eigenvalue weighted by atomic mass is 16.1. The van der Waals surface area contributed by atoms with Crippen LogP contribution >= 0.6 is 0 Å². The van der Waals surface area contributed by atoms with Crippen LogP contribution in [0.25, 0.3) is 11.3 Å². The summed E-state index contributed by atoms with van der Waals surface area (Å²) in [6, 6.07) is 14.5. The second-order valence-electron chi connectivity index (χ2n) is 5.58. The summed E-state index contributed by atoms with van der Waals surface area (Å²) in [6.45, 7) is 3.00. The summed E-state index contributed by atoms with van der Waals surface area (Å²) in [7, 11) is 0. The minimum absolute atomic E-state index is 0.198. The Morgan fingerprint density at radius 3 is 2.80 bits per heavy atom. The molecule has 25 heavy (non-hydrogen) atoms.